The number of carbonyl (C=O) groups is 1. The highest BCUT2D eigenvalue weighted by Crippen LogP contribution is 2.22. The number of nitrogens with zero attached hydrogens (tertiary/aromatic N) is 1. The molecular weight excluding hydrogens is 418 g/mol. The van der Waals surface area contributed by atoms with Crippen molar-refractivity contribution in [3.05, 3.63) is 73.7 Å². The first-order valence-corrected chi connectivity index (χ1v) is 7.81. The zero-order valence-corrected chi connectivity index (χ0v) is 14.0. The summed E-state index contributed by atoms with van der Waals surface area (Å²) < 4.78 is 13.9. The number of nitrogens with one attached hydrogen (secondary N) is 1. The molecule has 0 radical (unpaired) electrons. The van der Waals surface area contributed by atoms with Crippen LogP contribution in [0.5, 0.6) is 0 Å². The molecule has 3 rings (SSSR count). The van der Waals surface area contributed by atoms with Gasteiger partial charge in [0.25, 0.3) is 5.91 Å². The molecule has 0 atom stereocenters. The van der Waals surface area contributed by atoms with Crippen LogP contribution in [0.3, 0.4) is 0 Å². The fourth-order valence-corrected chi connectivity index (χ4v) is 2.69. The molecule has 1 aliphatic heterocycles. The molecule has 6 heteroatoms. The van der Waals surface area contributed by atoms with Gasteiger partial charge in [-0.25, -0.2) is 9.38 Å². The van der Waals surface area contributed by atoms with Gasteiger partial charge in [-0.3, -0.25) is 4.79 Å². The van der Waals surface area contributed by atoms with Crippen molar-refractivity contribution < 1.29 is 9.18 Å². The minimum absolute atomic E-state index is 0.261. The second-order valence-electron chi connectivity index (χ2n) is 4.62. The van der Waals surface area contributed by atoms with Gasteiger partial charge in [-0.1, -0.05) is 23.7 Å². The lowest BCUT2D eigenvalue weighted by Crippen LogP contribution is -2.25. The van der Waals surface area contributed by atoms with Gasteiger partial charge in [0.15, 0.2) is 0 Å². The zero-order chi connectivity index (χ0) is 15.7. The Balaban J connectivity index is 1.97. The molecule has 1 amide bonds. The van der Waals surface area contributed by atoms with Crippen LogP contribution in [0.2, 0.25) is 5.02 Å². The van der Waals surface area contributed by atoms with Crippen LogP contribution in [0.15, 0.2) is 53.2 Å². The lowest BCUT2D eigenvalue weighted by atomic mass is 10.2. The van der Waals surface area contributed by atoms with Crippen LogP contribution in [0, 0.1) is 9.39 Å². The standard InChI is InChI=1S/C16H9ClFIN2O/c17-13-6-5-11(19)8-12(13)15-20-14(16(22)21-15)7-9-1-3-10(18)4-2-9/h1-8H,(H,20,21,22). The van der Waals surface area contributed by atoms with Crippen molar-refractivity contribution in [1.29, 1.82) is 0 Å². The molecule has 0 saturated heterocycles. The molecule has 1 N–H and O–H groups in total. The summed E-state index contributed by atoms with van der Waals surface area (Å²) in [7, 11) is 0. The maximum Gasteiger partial charge on any atom is 0.275 e. The zero-order valence-electron chi connectivity index (χ0n) is 11.1. The molecule has 0 unspecified atom stereocenters. The van der Waals surface area contributed by atoms with E-state index in [4.69, 9.17) is 11.6 Å². The van der Waals surface area contributed by atoms with Gasteiger partial charge in [0.1, 0.15) is 17.3 Å². The molecule has 0 spiro atoms. The molecule has 2 aromatic rings. The molecule has 110 valence electrons. The molecule has 3 nitrogen and oxygen atoms in total. The second kappa shape index (κ2) is 6.18. The molecule has 0 bridgehead atoms. The molecule has 0 saturated carbocycles. The van der Waals surface area contributed by atoms with Crippen molar-refractivity contribution >= 4 is 52.0 Å². The second-order valence-corrected chi connectivity index (χ2v) is 6.27. The summed E-state index contributed by atoms with van der Waals surface area (Å²) in [5, 5.41) is 3.22. The first-order chi connectivity index (χ1) is 10.5. The lowest BCUT2D eigenvalue weighted by Gasteiger charge is -2.03. The number of aliphatic imine (C=N–C) groups is 1. The Morgan fingerprint density at radius 2 is 1.91 bits per heavy atom. The fraction of sp³-hybridized carbons (Fsp3) is 0. The van der Waals surface area contributed by atoms with Crippen LogP contribution >= 0.6 is 34.2 Å². The summed E-state index contributed by atoms with van der Waals surface area (Å²) in [5.74, 6) is -0.219. The summed E-state index contributed by atoms with van der Waals surface area (Å²) in [6.07, 6.45) is 1.60. The molecule has 0 fully saturated rings. The van der Waals surface area contributed by atoms with E-state index in [0.29, 0.717) is 22.0 Å². The number of hydrogen-bond acceptors (Lipinski definition) is 2. The van der Waals surface area contributed by atoms with Crippen molar-refractivity contribution in [2.45, 2.75) is 0 Å². The van der Waals surface area contributed by atoms with Crippen LogP contribution in [0.4, 0.5) is 4.39 Å². The third-order valence-electron chi connectivity index (χ3n) is 3.05. The van der Waals surface area contributed by atoms with Gasteiger partial charge in [-0.2, -0.15) is 0 Å². The number of halogens is 3. The molecule has 1 aliphatic rings. The van der Waals surface area contributed by atoms with Gasteiger partial charge in [-0.05, 0) is 64.6 Å². The highest BCUT2D eigenvalue weighted by molar-refractivity contribution is 14.1. The summed E-state index contributed by atoms with van der Waals surface area (Å²) in [6, 6.07) is 11.3. The Bertz CT molecular complexity index is 815. The van der Waals surface area contributed by atoms with E-state index in [1.165, 1.54) is 12.1 Å². The van der Waals surface area contributed by atoms with Crippen molar-refractivity contribution in [3.63, 3.8) is 0 Å². The highest BCUT2D eigenvalue weighted by atomic mass is 127. The summed E-state index contributed by atoms with van der Waals surface area (Å²) >= 11 is 8.32. The van der Waals surface area contributed by atoms with Gasteiger partial charge in [-0.15, -0.1) is 0 Å². The maximum absolute atomic E-state index is 12.9. The van der Waals surface area contributed by atoms with E-state index in [0.717, 1.165) is 3.57 Å². The van der Waals surface area contributed by atoms with E-state index in [9.17, 15) is 9.18 Å². The van der Waals surface area contributed by atoms with E-state index in [1.54, 1.807) is 24.3 Å². The summed E-state index contributed by atoms with van der Waals surface area (Å²) in [5.41, 5.74) is 1.63. The lowest BCUT2D eigenvalue weighted by molar-refractivity contribution is -0.115. The SMILES string of the molecule is O=C1NC(c2cc(I)ccc2Cl)=NC1=Cc1ccc(F)cc1. The van der Waals surface area contributed by atoms with Crippen LogP contribution in [-0.4, -0.2) is 11.7 Å². The Kier molecular flexibility index (Phi) is 4.26. The molecule has 1 heterocycles. The first-order valence-electron chi connectivity index (χ1n) is 6.36. The predicted molar refractivity (Wildman–Crippen MR) is 93.2 cm³/mol. The van der Waals surface area contributed by atoms with Gasteiger partial charge in [0.05, 0.1) is 5.02 Å². The quantitative estimate of drug-likeness (QED) is 0.572. The normalized spacial score (nSPS) is 15.9. The topological polar surface area (TPSA) is 41.5 Å². The van der Waals surface area contributed by atoms with Crippen LogP contribution < -0.4 is 5.32 Å². The minimum Gasteiger partial charge on any atom is -0.305 e. The molecule has 22 heavy (non-hydrogen) atoms. The molecule has 0 aromatic heterocycles. The van der Waals surface area contributed by atoms with Crippen molar-refractivity contribution in [2.75, 3.05) is 0 Å². The Hall–Kier alpha value is -1.73. The van der Waals surface area contributed by atoms with E-state index in [1.807, 2.05) is 12.1 Å². The van der Waals surface area contributed by atoms with E-state index >= 15 is 0 Å². The van der Waals surface area contributed by atoms with E-state index in [-0.39, 0.29) is 17.4 Å². The number of benzene rings is 2. The van der Waals surface area contributed by atoms with Crippen LogP contribution in [-0.2, 0) is 4.79 Å². The van der Waals surface area contributed by atoms with Gasteiger partial charge in [0, 0.05) is 9.13 Å². The Morgan fingerprint density at radius 1 is 1.18 bits per heavy atom. The third kappa shape index (κ3) is 3.20. The summed E-state index contributed by atoms with van der Waals surface area (Å²) in [6.45, 7) is 0. The van der Waals surface area contributed by atoms with E-state index in [2.05, 4.69) is 32.9 Å². The molecule has 2 aromatic carbocycles. The largest absolute Gasteiger partial charge is 0.305 e. The maximum atomic E-state index is 12.9. The molecular formula is C16H9ClFIN2O. The van der Waals surface area contributed by atoms with Crippen molar-refractivity contribution in [2.24, 2.45) is 4.99 Å². The Labute approximate surface area is 145 Å². The van der Waals surface area contributed by atoms with Gasteiger partial charge in [0.2, 0.25) is 0 Å². The van der Waals surface area contributed by atoms with Crippen LogP contribution in [0.25, 0.3) is 6.08 Å². The average molecular weight is 427 g/mol. The van der Waals surface area contributed by atoms with Crippen molar-refractivity contribution in [3.8, 4) is 0 Å². The Morgan fingerprint density at radius 3 is 2.64 bits per heavy atom. The summed E-state index contributed by atoms with van der Waals surface area (Å²) in [4.78, 5) is 16.3. The number of hydrogen-bond donors (Lipinski definition) is 1. The monoisotopic (exact) mass is 426 g/mol. The number of amidine groups is 1. The van der Waals surface area contributed by atoms with Crippen LogP contribution in [0.1, 0.15) is 11.1 Å². The molecule has 0 aliphatic carbocycles. The van der Waals surface area contributed by atoms with Crippen molar-refractivity contribution in [1.82, 2.24) is 5.32 Å². The third-order valence-corrected chi connectivity index (χ3v) is 4.05. The number of carbonyl (C=O) groups excluding carboxylic acids is 1. The smallest absolute Gasteiger partial charge is 0.275 e. The predicted octanol–water partition coefficient (Wildman–Crippen LogP) is 4.00. The van der Waals surface area contributed by atoms with Gasteiger partial charge >= 0.3 is 0 Å². The average Bonchev–Trinajstić information content (AvgIpc) is 2.85. The van der Waals surface area contributed by atoms with E-state index < -0.39 is 0 Å². The fourth-order valence-electron chi connectivity index (χ4n) is 1.99. The highest BCUT2D eigenvalue weighted by Gasteiger charge is 2.22. The minimum atomic E-state index is -0.326. The number of amides is 1. The van der Waals surface area contributed by atoms with Gasteiger partial charge < -0.3 is 5.32 Å². The number of rotatable bonds is 2. The first kappa shape index (κ1) is 15.2.